The quantitative estimate of drug-likeness (QED) is 0.512. The molecule has 4 heteroatoms. The van der Waals surface area contributed by atoms with Crippen LogP contribution in [-0.2, 0) is 19.7 Å². The molecular formula is C21H19BrClNO. The second-order valence-corrected chi connectivity index (χ2v) is 7.06. The summed E-state index contributed by atoms with van der Waals surface area (Å²) in [6.45, 7) is 2.18. The van der Waals surface area contributed by atoms with E-state index in [2.05, 4.69) is 57.6 Å². The molecule has 0 radical (unpaired) electrons. The van der Waals surface area contributed by atoms with E-state index in [1.54, 1.807) is 0 Å². The van der Waals surface area contributed by atoms with Crippen LogP contribution in [0.3, 0.4) is 0 Å². The predicted octanol–water partition coefficient (Wildman–Crippen LogP) is 5.97. The Morgan fingerprint density at radius 3 is 2.20 bits per heavy atom. The van der Waals surface area contributed by atoms with E-state index in [9.17, 15) is 0 Å². The maximum absolute atomic E-state index is 5.90. The highest BCUT2D eigenvalue weighted by atomic mass is 79.9. The number of ether oxygens (including phenoxy) is 1. The van der Waals surface area contributed by atoms with Gasteiger partial charge in [0.05, 0.1) is 4.47 Å². The highest BCUT2D eigenvalue weighted by Gasteiger charge is 2.04. The third-order valence-corrected chi connectivity index (χ3v) is 4.68. The molecule has 0 aromatic heterocycles. The van der Waals surface area contributed by atoms with Crippen molar-refractivity contribution in [1.29, 1.82) is 0 Å². The lowest BCUT2D eigenvalue weighted by atomic mass is 10.2. The van der Waals surface area contributed by atoms with E-state index in [1.165, 1.54) is 11.1 Å². The molecule has 0 unspecified atom stereocenters. The molecule has 3 aromatic rings. The van der Waals surface area contributed by atoms with Crippen LogP contribution in [0.2, 0.25) is 5.02 Å². The van der Waals surface area contributed by atoms with Gasteiger partial charge in [-0.05, 0) is 56.9 Å². The Labute approximate surface area is 161 Å². The first-order valence-electron chi connectivity index (χ1n) is 8.11. The molecule has 128 valence electrons. The van der Waals surface area contributed by atoms with Crippen LogP contribution in [0.4, 0.5) is 0 Å². The average molecular weight is 417 g/mol. The van der Waals surface area contributed by atoms with E-state index in [1.807, 2.05) is 36.4 Å². The lowest BCUT2D eigenvalue weighted by Crippen LogP contribution is -2.12. The minimum Gasteiger partial charge on any atom is -0.488 e. The van der Waals surface area contributed by atoms with Crippen LogP contribution in [0.5, 0.6) is 5.75 Å². The van der Waals surface area contributed by atoms with Crippen LogP contribution in [0, 0.1) is 0 Å². The smallest absolute Gasteiger partial charge is 0.134 e. The zero-order valence-electron chi connectivity index (χ0n) is 13.7. The van der Waals surface area contributed by atoms with E-state index >= 15 is 0 Å². The summed E-state index contributed by atoms with van der Waals surface area (Å²) in [7, 11) is 0. The molecule has 0 bridgehead atoms. The number of halogens is 2. The van der Waals surface area contributed by atoms with E-state index in [-0.39, 0.29) is 0 Å². The molecule has 3 rings (SSSR count). The van der Waals surface area contributed by atoms with Crippen molar-refractivity contribution in [2.24, 2.45) is 0 Å². The van der Waals surface area contributed by atoms with Gasteiger partial charge in [-0.2, -0.15) is 0 Å². The van der Waals surface area contributed by atoms with Crippen LogP contribution in [-0.4, -0.2) is 0 Å². The number of hydrogen-bond donors (Lipinski definition) is 1. The van der Waals surface area contributed by atoms with Gasteiger partial charge in [0.25, 0.3) is 0 Å². The van der Waals surface area contributed by atoms with Gasteiger partial charge in [-0.25, -0.2) is 0 Å². The van der Waals surface area contributed by atoms with Crippen LogP contribution >= 0.6 is 27.5 Å². The average Bonchev–Trinajstić information content (AvgIpc) is 2.63. The van der Waals surface area contributed by atoms with E-state index < -0.39 is 0 Å². The fourth-order valence-electron chi connectivity index (χ4n) is 2.46. The number of nitrogens with one attached hydrogen (secondary N) is 1. The van der Waals surface area contributed by atoms with Gasteiger partial charge in [0.15, 0.2) is 0 Å². The lowest BCUT2D eigenvalue weighted by Gasteiger charge is -2.11. The minimum absolute atomic E-state index is 0.515. The van der Waals surface area contributed by atoms with E-state index in [0.717, 1.165) is 33.9 Å². The van der Waals surface area contributed by atoms with Gasteiger partial charge < -0.3 is 10.1 Å². The molecule has 0 saturated heterocycles. The number of rotatable bonds is 7. The van der Waals surface area contributed by atoms with Crippen LogP contribution < -0.4 is 10.1 Å². The molecule has 0 atom stereocenters. The normalized spacial score (nSPS) is 10.6. The molecular weight excluding hydrogens is 398 g/mol. The summed E-state index contributed by atoms with van der Waals surface area (Å²) in [5.74, 6) is 0.835. The Kier molecular flexibility index (Phi) is 6.51. The zero-order chi connectivity index (χ0) is 17.5. The fraction of sp³-hybridized carbons (Fsp3) is 0.143. The highest BCUT2D eigenvalue weighted by molar-refractivity contribution is 9.10. The van der Waals surface area contributed by atoms with Gasteiger partial charge in [0.1, 0.15) is 12.4 Å². The van der Waals surface area contributed by atoms with Gasteiger partial charge in [0.2, 0.25) is 0 Å². The van der Waals surface area contributed by atoms with Crippen molar-refractivity contribution in [2.75, 3.05) is 0 Å². The summed E-state index contributed by atoms with van der Waals surface area (Å²) in [6, 6.07) is 24.2. The van der Waals surface area contributed by atoms with Crippen molar-refractivity contribution in [1.82, 2.24) is 5.32 Å². The summed E-state index contributed by atoms with van der Waals surface area (Å²) in [5.41, 5.74) is 3.58. The number of hydrogen-bond acceptors (Lipinski definition) is 2. The van der Waals surface area contributed by atoms with Crippen LogP contribution in [0.1, 0.15) is 16.7 Å². The van der Waals surface area contributed by atoms with Gasteiger partial charge in [-0.1, -0.05) is 60.1 Å². The molecule has 0 aliphatic heterocycles. The Hall–Kier alpha value is -1.81. The topological polar surface area (TPSA) is 21.3 Å². The van der Waals surface area contributed by atoms with Crippen molar-refractivity contribution in [3.05, 3.63) is 99.0 Å². The zero-order valence-corrected chi connectivity index (χ0v) is 16.1. The van der Waals surface area contributed by atoms with Crippen LogP contribution in [0.25, 0.3) is 0 Å². The first kappa shape index (κ1) is 18.0. The maximum atomic E-state index is 5.90. The predicted molar refractivity (Wildman–Crippen MR) is 107 cm³/mol. The molecule has 0 fully saturated rings. The van der Waals surface area contributed by atoms with Gasteiger partial charge in [-0.15, -0.1) is 0 Å². The summed E-state index contributed by atoms with van der Waals surface area (Å²) in [4.78, 5) is 0. The summed E-state index contributed by atoms with van der Waals surface area (Å²) in [6.07, 6.45) is 0. The molecule has 0 spiro atoms. The molecule has 0 heterocycles. The third-order valence-electron chi connectivity index (χ3n) is 3.80. The molecule has 0 amide bonds. The first-order valence-corrected chi connectivity index (χ1v) is 9.28. The minimum atomic E-state index is 0.515. The molecule has 0 aliphatic carbocycles. The highest BCUT2D eigenvalue weighted by Crippen LogP contribution is 2.27. The molecule has 25 heavy (non-hydrogen) atoms. The van der Waals surface area contributed by atoms with Gasteiger partial charge >= 0.3 is 0 Å². The molecule has 0 saturated carbocycles. The first-order chi connectivity index (χ1) is 12.2. The third kappa shape index (κ3) is 5.60. The molecule has 3 aromatic carbocycles. The fourth-order valence-corrected chi connectivity index (χ4v) is 3.13. The van der Waals surface area contributed by atoms with E-state index in [4.69, 9.17) is 16.3 Å². The van der Waals surface area contributed by atoms with Crippen molar-refractivity contribution in [2.45, 2.75) is 19.7 Å². The van der Waals surface area contributed by atoms with E-state index in [0.29, 0.717) is 6.61 Å². The summed E-state index contributed by atoms with van der Waals surface area (Å²) >= 11 is 9.49. The lowest BCUT2D eigenvalue weighted by molar-refractivity contribution is 0.304. The largest absolute Gasteiger partial charge is 0.488 e. The molecule has 2 nitrogen and oxygen atoms in total. The van der Waals surface area contributed by atoms with Gasteiger partial charge in [0, 0.05) is 18.1 Å². The second-order valence-electron chi connectivity index (χ2n) is 5.77. The summed E-state index contributed by atoms with van der Waals surface area (Å²) < 4.78 is 6.84. The molecule has 0 aliphatic rings. The van der Waals surface area contributed by atoms with Crippen molar-refractivity contribution >= 4 is 27.5 Å². The number of benzene rings is 3. The summed E-state index contributed by atoms with van der Waals surface area (Å²) in [5, 5.41) is 4.19. The van der Waals surface area contributed by atoms with Crippen molar-refractivity contribution in [3.63, 3.8) is 0 Å². The van der Waals surface area contributed by atoms with Crippen molar-refractivity contribution < 1.29 is 4.74 Å². The monoisotopic (exact) mass is 415 g/mol. The Balaban J connectivity index is 1.52. The maximum Gasteiger partial charge on any atom is 0.134 e. The van der Waals surface area contributed by atoms with Crippen LogP contribution in [0.15, 0.2) is 77.3 Å². The van der Waals surface area contributed by atoms with Crippen molar-refractivity contribution in [3.8, 4) is 5.75 Å². The Morgan fingerprint density at radius 1 is 0.800 bits per heavy atom. The SMILES string of the molecule is Clc1ccc(COc2ccc(CNCc3ccccc3)cc2Br)cc1. The molecule has 1 N–H and O–H groups in total. The van der Waals surface area contributed by atoms with Gasteiger partial charge in [-0.3, -0.25) is 0 Å². The Morgan fingerprint density at radius 2 is 1.48 bits per heavy atom. The second kappa shape index (κ2) is 9.04. The Bertz CT molecular complexity index is 806. The standard InChI is InChI=1S/C21H19BrClNO/c22-20-12-18(14-24-13-16-4-2-1-3-5-16)8-11-21(20)25-15-17-6-9-19(23)10-7-17/h1-12,24H,13-15H2.